The van der Waals surface area contributed by atoms with E-state index >= 15 is 0 Å². The Morgan fingerprint density at radius 1 is 1.53 bits per heavy atom. The number of aromatic nitrogens is 2. The summed E-state index contributed by atoms with van der Waals surface area (Å²) >= 11 is 5.94. The first-order chi connectivity index (χ1) is 7.08. The molecule has 0 spiro atoms. The van der Waals surface area contributed by atoms with Gasteiger partial charge in [-0.15, -0.1) is 0 Å². The second-order valence-corrected chi connectivity index (χ2v) is 4.34. The fourth-order valence-electron chi connectivity index (χ4n) is 1.68. The van der Waals surface area contributed by atoms with Crippen molar-refractivity contribution in [2.45, 2.75) is 19.4 Å². The Kier molecular flexibility index (Phi) is 2.67. The molecule has 3 nitrogen and oxygen atoms in total. The highest BCUT2D eigenvalue weighted by atomic mass is 35.5. The maximum atomic E-state index is 5.94. The molecule has 2 rings (SSSR count). The molecular weight excluding hydrogens is 210 g/mol. The molecule has 15 heavy (non-hydrogen) atoms. The van der Waals surface area contributed by atoms with Gasteiger partial charge in [0.25, 0.3) is 0 Å². The molecule has 4 heteroatoms. The van der Waals surface area contributed by atoms with Crippen LogP contribution in [0.3, 0.4) is 0 Å². The average Bonchev–Trinajstić information content (AvgIpc) is 2.44. The van der Waals surface area contributed by atoms with Gasteiger partial charge in [-0.25, -0.2) is 4.98 Å². The van der Waals surface area contributed by atoms with Crippen molar-refractivity contribution in [3.05, 3.63) is 29.0 Å². The first-order valence-electron chi connectivity index (χ1n) is 4.94. The monoisotopic (exact) mass is 223 g/mol. The zero-order valence-electron chi connectivity index (χ0n) is 8.87. The molecule has 0 saturated carbocycles. The molecule has 0 radical (unpaired) electrons. The minimum Gasteiger partial charge on any atom is -0.331 e. The molecule has 0 aliphatic carbocycles. The molecule has 2 N–H and O–H groups in total. The highest BCUT2D eigenvalue weighted by molar-refractivity contribution is 6.31. The number of rotatable bonds is 2. The van der Waals surface area contributed by atoms with Crippen molar-refractivity contribution in [1.29, 1.82) is 0 Å². The smallest absolute Gasteiger partial charge is 0.111 e. The minimum atomic E-state index is 0.121. The fourth-order valence-corrected chi connectivity index (χ4v) is 1.85. The van der Waals surface area contributed by atoms with E-state index in [1.807, 2.05) is 36.7 Å². The average molecular weight is 224 g/mol. The van der Waals surface area contributed by atoms with Crippen LogP contribution in [0.5, 0.6) is 0 Å². The molecule has 1 atom stereocenters. The Morgan fingerprint density at radius 3 is 2.93 bits per heavy atom. The second-order valence-electron chi connectivity index (χ2n) is 3.90. The Balaban J connectivity index is 2.54. The molecule has 0 saturated heterocycles. The molecule has 1 aromatic carbocycles. The molecular formula is C11H14ClN3. The van der Waals surface area contributed by atoms with E-state index in [0.717, 1.165) is 28.3 Å². The number of aryl methyl sites for hydroxylation is 1. The predicted octanol–water partition coefficient (Wildman–Crippen LogP) is 2.12. The van der Waals surface area contributed by atoms with Gasteiger partial charge in [0.2, 0.25) is 0 Å². The van der Waals surface area contributed by atoms with Gasteiger partial charge in [0.1, 0.15) is 5.82 Å². The number of hydrogen-bond donors (Lipinski definition) is 1. The van der Waals surface area contributed by atoms with Crippen LogP contribution in [0.15, 0.2) is 18.2 Å². The number of hydrogen-bond acceptors (Lipinski definition) is 2. The number of fused-ring (bicyclic) bond motifs is 1. The summed E-state index contributed by atoms with van der Waals surface area (Å²) in [6.45, 7) is 1.98. The van der Waals surface area contributed by atoms with Gasteiger partial charge in [-0.3, -0.25) is 0 Å². The number of benzene rings is 1. The summed E-state index contributed by atoms with van der Waals surface area (Å²) in [5.41, 5.74) is 7.79. The van der Waals surface area contributed by atoms with Crippen molar-refractivity contribution in [2.24, 2.45) is 12.8 Å². The standard InChI is InChI=1S/C11H14ClN3/c1-7(13)5-11-14-9-4-3-8(12)6-10(9)15(11)2/h3-4,6-7H,5,13H2,1-2H3. The van der Waals surface area contributed by atoms with Gasteiger partial charge >= 0.3 is 0 Å². The summed E-state index contributed by atoms with van der Waals surface area (Å²) in [5, 5.41) is 0.734. The van der Waals surface area contributed by atoms with E-state index in [-0.39, 0.29) is 6.04 Å². The van der Waals surface area contributed by atoms with Gasteiger partial charge in [-0.2, -0.15) is 0 Å². The lowest BCUT2D eigenvalue weighted by atomic mass is 10.2. The van der Waals surface area contributed by atoms with Crippen LogP contribution in [-0.2, 0) is 13.5 Å². The van der Waals surface area contributed by atoms with Crippen LogP contribution in [0.2, 0.25) is 5.02 Å². The van der Waals surface area contributed by atoms with Crippen molar-refractivity contribution in [2.75, 3.05) is 0 Å². The molecule has 0 aliphatic heterocycles. The first kappa shape index (κ1) is 10.5. The molecule has 0 amide bonds. The highest BCUT2D eigenvalue weighted by Gasteiger charge is 2.09. The fraction of sp³-hybridized carbons (Fsp3) is 0.364. The summed E-state index contributed by atoms with van der Waals surface area (Å²) < 4.78 is 2.05. The van der Waals surface area contributed by atoms with Crippen LogP contribution in [0, 0.1) is 0 Å². The Bertz CT molecular complexity index is 488. The first-order valence-corrected chi connectivity index (χ1v) is 5.32. The molecule has 2 aromatic rings. The Morgan fingerprint density at radius 2 is 2.27 bits per heavy atom. The lowest BCUT2D eigenvalue weighted by molar-refractivity contribution is 0.678. The van der Waals surface area contributed by atoms with E-state index in [0.29, 0.717) is 0 Å². The molecule has 1 unspecified atom stereocenters. The van der Waals surface area contributed by atoms with E-state index in [4.69, 9.17) is 17.3 Å². The van der Waals surface area contributed by atoms with E-state index in [9.17, 15) is 0 Å². The van der Waals surface area contributed by atoms with Crippen LogP contribution in [-0.4, -0.2) is 15.6 Å². The maximum Gasteiger partial charge on any atom is 0.111 e. The lowest BCUT2D eigenvalue weighted by Gasteiger charge is -2.04. The zero-order chi connectivity index (χ0) is 11.0. The topological polar surface area (TPSA) is 43.8 Å². The number of nitrogens with two attached hydrogens (primary N) is 1. The minimum absolute atomic E-state index is 0.121. The number of imidazole rings is 1. The van der Waals surface area contributed by atoms with E-state index in [1.54, 1.807) is 0 Å². The summed E-state index contributed by atoms with van der Waals surface area (Å²) in [7, 11) is 1.99. The van der Waals surface area contributed by atoms with E-state index in [1.165, 1.54) is 0 Å². The van der Waals surface area contributed by atoms with Gasteiger partial charge in [0.15, 0.2) is 0 Å². The van der Waals surface area contributed by atoms with Crippen molar-refractivity contribution >= 4 is 22.6 Å². The van der Waals surface area contributed by atoms with E-state index in [2.05, 4.69) is 4.98 Å². The van der Waals surface area contributed by atoms with Crippen LogP contribution >= 0.6 is 11.6 Å². The largest absolute Gasteiger partial charge is 0.331 e. The lowest BCUT2D eigenvalue weighted by Crippen LogP contribution is -2.19. The summed E-state index contributed by atoms with van der Waals surface area (Å²) in [4.78, 5) is 4.52. The summed E-state index contributed by atoms with van der Waals surface area (Å²) in [6, 6.07) is 5.83. The SMILES string of the molecule is CC(N)Cc1nc2ccc(Cl)cc2n1C. The van der Waals surface area contributed by atoms with Crippen molar-refractivity contribution in [3.63, 3.8) is 0 Å². The molecule has 0 bridgehead atoms. The predicted molar refractivity (Wildman–Crippen MR) is 63.1 cm³/mol. The van der Waals surface area contributed by atoms with Crippen molar-refractivity contribution < 1.29 is 0 Å². The zero-order valence-corrected chi connectivity index (χ0v) is 9.62. The quantitative estimate of drug-likeness (QED) is 0.848. The van der Waals surface area contributed by atoms with Crippen molar-refractivity contribution in [3.8, 4) is 0 Å². The maximum absolute atomic E-state index is 5.94. The molecule has 1 heterocycles. The van der Waals surface area contributed by atoms with Gasteiger partial charge in [-0.1, -0.05) is 11.6 Å². The third-order valence-corrected chi connectivity index (χ3v) is 2.68. The van der Waals surface area contributed by atoms with Crippen molar-refractivity contribution in [1.82, 2.24) is 9.55 Å². The van der Waals surface area contributed by atoms with Crippen LogP contribution in [0.25, 0.3) is 11.0 Å². The number of nitrogens with zero attached hydrogens (tertiary/aromatic N) is 2. The molecule has 1 aromatic heterocycles. The third kappa shape index (κ3) is 1.98. The van der Waals surface area contributed by atoms with Crippen LogP contribution in [0.4, 0.5) is 0 Å². The van der Waals surface area contributed by atoms with Gasteiger partial charge in [-0.05, 0) is 25.1 Å². The Hall–Kier alpha value is -1.06. The number of halogens is 1. The van der Waals surface area contributed by atoms with E-state index < -0.39 is 0 Å². The summed E-state index contributed by atoms with van der Waals surface area (Å²) in [6.07, 6.45) is 0.781. The summed E-state index contributed by atoms with van der Waals surface area (Å²) in [5.74, 6) is 1.00. The van der Waals surface area contributed by atoms with Gasteiger partial charge in [0, 0.05) is 24.5 Å². The third-order valence-electron chi connectivity index (χ3n) is 2.44. The Labute approximate surface area is 93.9 Å². The van der Waals surface area contributed by atoms with Crippen LogP contribution < -0.4 is 5.73 Å². The van der Waals surface area contributed by atoms with Crippen LogP contribution in [0.1, 0.15) is 12.7 Å². The normalized spacial score (nSPS) is 13.3. The molecule has 80 valence electrons. The highest BCUT2D eigenvalue weighted by Crippen LogP contribution is 2.20. The second kappa shape index (κ2) is 3.83. The van der Waals surface area contributed by atoms with Gasteiger partial charge < -0.3 is 10.3 Å². The van der Waals surface area contributed by atoms with Gasteiger partial charge in [0.05, 0.1) is 11.0 Å². The molecule has 0 aliphatic rings. The molecule has 0 fully saturated rings.